The molecule has 6 heteroatoms. The highest BCUT2D eigenvalue weighted by atomic mass is 16.5. The lowest BCUT2D eigenvalue weighted by molar-refractivity contribution is -0.127. The molecule has 0 unspecified atom stereocenters. The van der Waals surface area contributed by atoms with Crippen LogP contribution in [0.1, 0.15) is 36.8 Å². The summed E-state index contributed by atoms with van der Waals surface area (Å²) >= 11 is 0. The second kappa shape index (κ2) is 8.69. The molecule has 0 spiro atoms. The summed E-state index contributed by atoms with van der Waals surface area (Å²) in [5.41, 5.74) is 4.03. The third kappa shape index (κ3) is 4.76. The Morgan fingerprint density at radius 2 is 1.82 bits per heavy atom. The summed E-state index contributed by atoms with van der Waals surface area (Å²) in [6.45, 7) is 4.72. The van der Waals surface area contributed by atoms with Crippen LogP contribution in [0, 0.1) is 0 Å². The zero-order valence-electron chi connectivity index (χ0n) is 16.8. The van der Waals surface area contributed by atoms with Crippen LogP contribution < -0.4 is 5.32 Å². The number of anilines is 1. The maximum Gasteiger partial charge on any atom is 0.246 e. The largest absolute Gasteiger partial charge is 0.376 e. The predicted octanol–water partition coefficient (Wildman–Crippen LogP) is 4.10. The van der Waals surface area contributed by atoms with Crippen molar-refractivity contribution >= 4 is 11.6 Å². The molecule has 3 rings (SSSR count). The van der Waals surface area contributed by atoms with Crippen molar-refractivity contribution in [2.45, 2.75) is 32.7 Å². The van der Waals surface area contributed by atoms with Gasteiger partial charge in [0.1, 0.15) is 0 Å². The molecule has 0 radical (unpaired) electrons. The van der Waals surface area contributed by atoms with Gasteiger partial charge in [-0.05, 0) is 23.1 Å². The molecule has 0 aliphatic heterocycles. The van der Waals surface area contributed by atoms with Crippen molar-refractivity contribution in [2.75, 3.05) is 19.4 Å². The van der Waals surface area contributed by atoms with E-state index < -0.39 is 0 Å². The van der Waals surface area contributed by atoms with Gasteiger partial charge in [-0.1, -0.05) is 61.5 Å². The average molecular weight is 378 g/mol. The number of aromatic nitrogens is 2. The summed E-state index contributed by atoms with van der Waals surface area (Å²) < 4.78 is 5.38. The molecule has 1 aromatic heterocycles. The first-order chi connectivity index (χ1) is 13.4. The normalized spacial score (nSPS) is 10.9. The number of hydrogen-bond acceptors (Lipinski definition) is 5. The van der Waals surface area contributed by atoms with Gasteiger partial charge in [-0.3, -0.25) is 4.79 Å². The molecule has 1 amide bonds. The second-order valence-corrected chi connectivity index (χ2v) is 7.26. The quantitative estimate of drug-likeness (QED) is 0.670. The van der Waals surface area contributed by atoms with Gasteiger partial charge in [0.15, 0.2) is 0 Å². The van der Waals surface area contributed by atoms with Crippen LogP contribution in [0.2, 0.25) is 0 Å². The van der Waals surface area contributed by atoms with E-state index in [1.54, 1.807) is 19.0 Å². The summed E-state index contributed by atoms with van der Waals surface area (Å²) in [4.78, 5) is 18.1. The molecule has 0 bridgehead atoms. The van der Waals surface area contributed by atoms with Crippen molar-refractivity contribution in [3.63, 3.8) is 0 Å². The summed E-state index contributed by atoms with van der Waals surface area (Å²) in [5, 5.41) is 7.38. The zero-order valence-corrected chi connectivity index (χ0v) is 16.8. The Labute approximate surface area is 165 Å². The number of carbonyl (C=O) groups excluding carboxylic acids is 1. The summed E-state index contributed by atoms with van der Waals surface area (Å²) in [5.74, 6) is 1.61. The van der Waals surface area contributed by atoms with E-state index >= 15 is 0 Å². The highest BCUT2D eigenvalue weighted by Crippen LogP contribution is 2.21. The molecule has 6 nitrogen and oxygen atoms in total. The van der Waals surface area contributed by atoms with E-state index in [-0.39, 0.29) is 5.91 Å². The van der Waals surface area contributed by atoms with Gasteiger partial charge in [0.05, 0.1) is 13.0 Å². The SMILES string of the molecule is CC(C)c1ccc(-c2noc(CNc3ccccc3CC(=O)N(C)C)n2)cc1. The number of likely N-dealkylation sites (N-methyl/N-ethyl adjacent to an activating group) is 1. The summed E-state index contributed by atoms with van der Waals surface area (Å²) in [7, 11) is 3.51. The van der Waals surface area contributed by atoms with Crippen molar-refractivity contribution in [1.29, 1.82) is 0 Å². The van der Waals surface area contributed by atoms with Crippen molar-refractivity contribution in [3.8, 4) is 11.4 Å². The molecule has 146 valence electrons. The van der Waals surface area contributed by atoms with E-state index in [2.05, 4.69) is 41.4 Å². The van der Waals surface area contributed by atoms with Gasteiger partial charge in [0.25, 0.3) is 0 Å². The molecule has 0 atom stereocenters. The van der Waals surface area contributed by atoms with Crippen LogP contribution in [0.25, 0.3) is 11.4 Å². The van der Waals surface area contributed by atoms with Crippen LogP contribution in [0.5, 0.6) is 0 Å². The first kappa shape index (κ1) is 19.6. The standard InChI is InChI=1S/C22H26N4O2/c1-15(2)16-9-11-17(12-10-16)22-24-20(28-25-22)14-23-19-8-6-5-7-18(19)13-21(27)26(3)4/h5-12,15,23H,13-14H2,1-4H3. The molecule has 0 aliphatic rings. The van der Waals surface area contributed by atoms with E-state index in [1.165, 1.54) is 5.56 Å². The molecule has 0 fully saturated rings. The summed E-state index contributed by atoms with van der Waals surface area (Å²) in [6, 6.07) is 16.0. The fraction of sp³-hybridized carbons (Fsp3) is 0.318. The molecule has 0 saturated carbocycles. The second-order valence-electron chi connectivity index (χ2n) is 7.26. The number of nitrogens with one attached hydrogen (secondary N) is 1. The number of nitrogens with zero attached hydrogens (tertiary/aromatic N) is 3. The minimum atomic E-state index is 0.0548. The van der Waals surface area contributed by atoms with Crippen molar-refractivity contribution in [2.24, 2.45) is 0 Å². The van der Waals surface area contributed by atoms with Gasteiger partial charge >= 0.3 is 0 Å². The van der Waals surface area contributed by atoms with Crippen LogP contribution >= 0.6 is 0 Å². The Morgan fingerprint density at radius 3 is 2.50 bits per heavy atom. The molecule has 1 N–H and O–H groups in total. The lowest BCUT2D eigenvalue weighted by Gasteiger charge is -2.13. The maximum atomic E-state index is 12.0. The Bertz CT molecular complexity index is 930. The molecule has 1 heterocycles. The van der Waals surface area contributed by atoms with Gasteiger partial charge in [-0.25, -0.2) is 0 Å². The number of carbonyl (C=O) groups is 1. The van der Waals surface area contributed by atoms with E-state index in [4.69, 9.17) is 4.52 Å². The lowest BCUT2D eigenvalue weighted by Crippen LogP contribution is -2.23. The van der Waals surface area contributed by atoms with Gasteiger partial charge in [0.2, 0.25) is 17.6 Å². The van der Waals surface area contributed by atoms with Crippen molar-refractivity contribution in [3.05, 3.63) is 65.5 Å². The smallest absolute Gasteiger partial charge is 0.246 e. The molecule has 2 aromatic carbocycles. The van der Waals surface area contributed by atoms with Crippen LogP contribution in [0.15, 0.2) is 53.1 Å². The molecule has 0 aliphatic carbocycles. The average Bonchev–Trinajstić information content (AvgIpc) is 3.16. The third-order valence-corrected chi connectivity index (χ3v) is 4.59. The Kier molecular flexibility index (Phi) is 6.09. The van der Waals surface area contributed by atoms with E-state index in [0.29, 0.717) is 30.6 Å². The summed E-state index contributed by atoms with van der Waals surface area (Å²) in [6.07, 6.45) is 0.341. The molecule has 0 saturated heterocycles. The molecule has 3 aromatic rings. The Balaban J connectivity index is 1.67. The molecule has 28 heavy (non-hydrogen) atoms. The maximum absolute atomic E-state index is 12.0. The van der Waals surface area contributed by atoms with Crippen molar-refractivity contribution < 1.29 is 9.32 Å². The Morgan fingerprint density at radius 1 is 1.11 bits per heavy atom. The van der Waals surface area contributed by atoms with Gasteiger partial charge in [0, 0.05) is 25.3 Å². The van der Waals surface area contributed by atoms with Crippen LogP contribution in [-0.2, 0) is 17.8 Å². The number of hydrogen-bond donors (Lipinski definition) is 1. The topological polar surface area (TPSA) is 71.3 Å². The number of rotatable bonds is 7. The molecular weight excluding hydrogens is 352 g/mol. The zero-order chi connectivity index (χ0) is 20.1. The van der Waals surface area contributed by atoms with Crippen LogP contribution in [-0.4, -0.2) is 35.0 Å². The molecular formula is C22H26N4O2. The fourth-order valence-corrected chi connectivity index (χ4v) is 2.80. The van der Waals surface area contributed by atoms with Crippen LogP contribution in [0.3, 0.4) is 0 Å². The minimum Gasteiger partial charge on any atom is -0.376 e. The monoisotopic (exact) mass is 378 g/mol. The van der Waals surface area contributed by atoms with E-state index in [0.717, 1.165) is 16.8 Å². The Hall–Kier alpha value is -3.15. The van der Waals surface area contributed by atoms with E-state index in [1.807, 2.05) is 36.4 Å². The van der Waals surface area contributed by atoms with Gasteiger partial charge in [-0.15, -0.1) is 0 Å². The van der Waals surface area contributed by atoms with Gasteiger partial charge in [-0.2, -0.15) is 4.98 Å². The first-order valence-corrected chi connectivity index (χ1v) is 9.39. The number of benzene rings is 2. The number of para-hydroxylation sites is 1. The predicted molar refractivity (Wildman–Crippen MR) is 110 cm³/mol. The van der Waals surface area contributed by atoms with Crippen LogP contribution in [0.4, 0.5) is 5.69 Å². The third-order valence-electron chi connectivity index (χ3n) is 4.59. The van der Waals surface area contributed by atoms with Gasteiger partial charge < -0.3 is 14.7 Å². The fourth-order valence-electron chi connectivity index (χ4n) is 2.80. The first-order valence-electron chi connectivity index (χ1n) is 9.39. The highest BCUT2D eigenvalue weighted by molar-refractivity contribution is 5.80. The lowest BCUT2D eigenvalue weighted by atomic mass is 10.0. The number of amides is 1. The highest BCUT2D eigenvalue weighted by Gasteiger charge is 2.12. The minimum absolute atomic E-state index is 0.0548. The van der Waals surface area contributed by atoms with Crippen molar-refractivity contribution in [1.82, 2.24) is 15.0 Å². The van der Waals surface area contributed by atoms with E-state index in [9.17, 15) is 4.79 Å².